The third-order valence-electron chi connectivity index (χ3n) is 3.92. The average molecular weight is 331 g/mol. The lowest BCUT2D eigenvalue weighted by Gasteiger charge is -2.01. The van der Waals surface area contributed by atoms with E-state index in [0.717, 1.165) is 5.52 Å². The number of fused-ring (bicyclic) bond motifs is 1. The summed E-state index contributed by atoms with van der Waals surface area (Å²) in [7, 11) is 0. The summed E-state index contributed by atoms with van der Waals surface area (Å²) in [4.78, 5) is 26.6. The van der Waals surface area contributed by atoms with Crippen LogP contribution in [0.3, 0.4) is 0 Å². The fraction of sp³-hybridized carbons (Fsp3) is 0.0526. The van der Waals surface area contributed by atoms with Gasteiger partial charge in [-0.1, -0.05) is 30.3 Å². The topological polar surface area (TPSA) is 99.8 Å². The van der Waals surface area contributed by atoms with E-state index in [-0.39, 0.29) is 16.8 Å². The van der Waals surface area contributed by atoms with E-state index in [1.807, 2.05) is 24.3 Å². The zero-order valence-electron chi connectivity index (χ0n) is 13.3. The molecule has 0 bridgehead atoms. The molecule has 6 nitrogen and oxygen atoms in total. The summed E-state index contributed by atoms with van der Waals surface area (Å²) in [6.45, 7) is 1.76. The molecule has 0 saturated carbocycles. The second-order valence-electron chi connectivity index (χ2n) is 5.49. The molecule has 0 spiro atoms. The van der Waals surface area contributed by atoms with Crippen LogP contribution in [0.1, 0.15) is 21.6 Å². The van der Waals surface area contributed by atoms with Crippen LogP contribution in [0.5, 0.6) is 0 Å². The fourth-order valence-corrected chi connectivity index (χ4v) is 2.78. The molecule has 25 heavy (non-hydrogen) atoms. The highest BCUT2D eigenvalue weighted by Gasteiger charge is 2.21. The van der Waals surface area contributed by atoms with Crippen molar-refractivity contribution < 1.29 is 9.72 Å². The number of nitro benzene ring substituents is 1. The number of carbonyl (C=O) groups is 1. The van der Waals surface area contributed by atoms with Gasteiger partial charge in [0.25, 0.3) is 5.69 Å². The number of aryl methyl sites for hydroxylation is 1. The van der Waals surface area contributed by atoms with Crippen LogP contribution in [0.4, 0.5) is 5.69 Å². The molecule has 0 fully saturated rings. The van der Waals surface area contributed by atoms with Gasteiger partial charge < -0.3 is 4.98 Å². The highest BCUT2D eigenvalue weighted by molar-refractivity contribution is 6.20. The zero-order chi connectivity index (χ0) is 18.0. The van der Waals surface area contributed by atoms with Crippen molar-refractivity contribution in [3.05, 3.63) is 81.0 Å². The van der Waals surface area contributed by atoms with Crippen molar-refractivity contribution in [2.45, 2.75) is 6.92 Å². The maximum absolute atomic E-state index is 12.9. The minimum atomic E-state index is -0.539. The molecule has 0 aliphatic rings. The second-order valence-corrected chi connectivity index (χ2v) is 5.49. The molecule has 2 aromatic carbocycles. The predicted molar refractivity (Wildman–Crippen MR) is 94.1 cm³/mol. The fourth-order valence-electron chi connectivity index (χ4n) is 2.78. The third-order valence-corrected chi connectivity index (χ3v) is 3.92. The molecule has 0 radical (unpaired) electrons. The van der Waals surface area contributed by atoms with Crippen LogP contribution >= 0.6 is 0 Å². The van der Waals surface area contributed by atoms with E-state index in [2.05, 4.69) is 4.98 Å². The van der Waals surface area contributed by atoms with Crippen LogP contribution in [-0.2, 0) is 0 Å². The number of Topliss-reactive ketones (excluding diaryl/α,β-unsaturated/α-hetero) is 1. The number of ketones is 1. The molecule has 1 N–H and O–H groups in total. The van der Waals surface area contributed by atoms with Gasteiger partial charge in [-0.05, 0) is 25.1 Å². The third kappa shape index (κ3) is 2.91. The Labute approximate surface area is 143 Å². The van der Waals surface area contributed by atoms with Crippen molar-refractivity contribution in [2.75, 3.05) is 0 Å². The lowest BCUT2D eigenvalue weighted by atomic mass is 9.99. The van der Waals surface area contributed by atoms with Crippen LogP contribution in [0.25, 0.3) is 17.0 Å². The second kappa shape index (κ2) is 6.42. The number of nitro groups is 1. The van der Waals surface area contributed by atoms with Gasteiger partial charge in [0, 0.05) is 22.7 Å². The van der Waals surface area contributed by atoms with Crippen molar-refractivity contribution in [3.63, 3.8) is 0 Å². The average Bonchev–Trinajstić information content (AvgIpc) is 2.95. The van der Waals surface area contributed by atoms with Gasteiger partial charge in [0.05, 0.1) is 16.1 Å². The molecule has 0 saturated heterocycles. The van der Waals surface area contributed by atoms with E-state index in [0.29, 0.717) is 16.6 Å². The number of carbonyl (C=O) groups excluding carboxylic acids is 1. The molecule has 122 valence electrons. The quantitative estimate of drug-likeness (QED) is 0.255. The van der Waals surface area contributed by atoms with Gasteiger partial charge in [0.1, 0.15) is 11.6 Å². The van der Waals surface area contributed by atoms with Gasteiger partial charge in [0.2, 0.25) is 5.78 Å². The van der Waals surface area contributed by atoms with Crippen molar-refractivity contribution in [1.82, 2.24) is 4.98 Å². The molecule has 0 aliphatic heterocycles. The number of hydrogen-bond acceptors (Lipinski definition) is 4. The van der Waals surface area contributed by atoms with Crippen LogP contribution in [0.15, 0.2) is 54.1 Å². The van der Waals surface area contributed by atoms with Gasteiger partial charge in [-0.3, -0.25) is 14.9 Å². The van der Waals surface area contributed by atoms with Crippen LogP contribution < -0.4 is 0 Å². The maximum Gasteiger partial charge on any atom is 0.276 e. The van der Waals surface area contributed by atoms with Crippen molar-refractivity contribution in [1.29, 1.82) is 5.26 Å². The standard InChI is InChI=1S/C19H13N3O3/c1-12-18(15-7-3-4-8-16(15)21-12)19(23)14(11-20)10-13-6-2-5-9-17(13)22(24)25/h2-10,21H,1H3. The molecule has 1 aromatic heterocycles. The van der Waals surface area contributed by atoms with Crippen LogP contribution in [0, 0.1) is 28.4 Å². The molecule has 0 unspecified atom stereocenters. The van der Waals surface area contributed by atoms with Crippen molar-refractivity contribution >= 4 is 28.4 Å². The number of nitrogens with zero attached hydrogens (tertiary/aromatic N) is 2. The largest absolute Gasteiger partial charge is 0.358 e. The molecule has 0 atom stereocenters. The zero-order valence-corrected chi connectivity index (χ0v) is 13.3. The SMILES string of the molecule is Cc1[nH]c2ccccc2c1C(=O)C(C#N)=Cc1ccccc1[N+](=O)[O-]. The van der Waals surface area contributed by atoms with Gasteiger partial charge in [0.15, 0.2) is 0 Å². The Morgan fingerprint density at radius 1 is 1.20 bits per heavy atom. The monoisotopic (exact) mass is 331 g/mol. The number of benzene rings is 2. The van der Waals surface area contributed by atoms with Crippen LogP contribution in [-0.4, -0.2) is 15.7 Å². The first-order chi connectivity index (χ1) is 12.0. The first kappa shape index (κ1) is 16.1. The van der Waals surface area contributed by atoms with Gasteiger partial charge in [-0.15, -0.1) is 0 Å². The molecule has 3 rings (SSSR count). The minimum absolute atomic E-state index is 0.151. The summed E-state index contributed by atoms with van der Waals surface area (Å²) in [5.74, 6) is -0.462. The summed E-state index contributed by atoms with van der Waals surface area (Å²) >= 11 is 0. The van der Waals surface area contributed by atoms with E-state index in [1.54, 1.807) is 19.1 Å². The molecule has 1 heterocycles. The van der Waals surface area contributed by atoms with Gasteiger partial charge >= 0.3 is 0 Å². The van der Waals surface area contributed by atoms with Gasteiger partial charge in [-0.25, -0.2) is 0 Å². The van der Waals surface area contributed by atoms with E-state index < -0.39 is 10.7 Å². The number of aromatic amines is 1. The van der Waals surface area contributed by atoms with Crippen molar-refractivity contribution in [3.8, 4) is 6.07 Å². The first-order valence-electron chi connectivity index (χ1n) is 7.50. The van der Waals surface area contributed by atoms with E-state index in [1.165, 1.54) is 24.3 Å². The Morgan fingerprint density at radius 3 is 2.60 bits per heavy atom. The maximum atomic E-state index is 12.9. The number of allylic oxidation sites excluding steroid dienone is 1. The molecule has 0 amide bonds. The van der Waals surface area contributed by atoms with E-state index >= 15 is 0 Å². The summed E-state index contributed by atoms with van der Waals surface area (Å²) < 4.78 is 0. The lowest BCUT2D eigenvalue weighted by molar-refractivity contribution is -0.385. The summed E-state index contributed by atoms with van der Waals surface area (Å²) in [5.41, 5.74) is 1.76. The Bertz CT molecular complexity index is 1070. The first-order valence-corrected chi connectivity index (χ1v) is 7.50. The minimum Gasteiger partial charge on any atom is -0.358 e. The Balaban J connectivity index is 2.13. The Hall–Kier alpha value is -3.72. The number of nitriles is 1. The molecular weight excluding hydrogens is 318 g/mol. The smallest absolute Gasteiger partial charge is 0.276 e. The number of H-pyrrole nitrogens is 1. The highest BCUT2D eigenvalue weighted by atomic mass is 16.6. The number of nitrogens with one attached hydrogen (secondary N) is 1. The van der Waals surface area contributed by atoms with Crippen molar-refractivity contribution in [2.24, 2.45) is 0 Å². The molecule has 6 heteroatoms. The lowest BCUT2D eigenvalue weighted by Crippen LogP contribution is -2.03. The number of aromatic nitrogens is 1. The Kier molecular flexibility index (Phi) is 4.14. The highest BCUT2D eigenvalue weighted by Crippen LogP contribution is 2.26. The molecular formula is C19H13N3O3. The van der Waals surface area contributed by atoms with E-state index in [9.17, 15) is 20.2 Å². The summed E-state index contributed by atoms with van der Waals surface area (Å²) in [6.07, 6.45) is 1.27. The summed E-state index contributed by atoms with van der Waals surface area (Å²) in [5, 5.41) is 21.3. The normalized spacial score (nSPS) is 11.3. The van der Waals surface area contributed by atoms with Crippen LogP contribution in [0.2, 0.25) is 0 Å². The number of para-hydroxylation sites is 2. The van der Waals surface area contributed by atoms with E-state index in [4.69, 9.17) is 0 Å². The number of rotatable bonds is 4. The summed E-state index contributed by atoms with van der Waals surface area (Å²) in [6, 6.07) is 15.2. The molecule has 0 aliphatic carbocycles. The number of hydrogen-bond donors (Lipinski definition) is 1. The predicted octanol–water partition coefficient (Wildman–Crippen LogP) is 4.17. The molecule has 3 aromatic rings. The van der Waals surface area contributed by atoms with Gasteiger partial charge in [-0.2, -0.15) is 5.26 Å². The Morgan fingerprint density at radius 2 is 1.88 bits per heavy atom.